The first kappa shape index (κ1) is 13.9. The van der Waals surface area contributed by atoms with Crippen LogP contribution in [0, 0.1) is 5.21 Å². The third-order valence-electron chi connectivity index (χ3n) is 2.76. The van der Waals surface area contributed by atoms with Gasteiger partial charge in [0, 0.05) is 11.1 Å². The predicted molar refractivity (Wildman–Crippen MR) is 78.2 cm³/mol. The zero-order valence-corrected chi connectivity index (χ0v) is 11.3. The second-order valence-electron chi connectivity index (χ2n) is 4.35. The molecule has 0 aliphatic rings. The van der Waals surface area contributed by atoms with Gasteiger partial charge in [0.25, 0.3) is 0 Å². The topological polar surface area (TPSA) is 55.5 Å². The average Bonchev–Trinajstić information content (AvgIpc) is 2.44. The summed E-state index contributed by atoms with van der Waals surface area (Å²) in [5, 5.41) is 21.5. The maximum absolute atomic E-state index is 11.9. The van der Waals surface area contributed by atoms with Crippen LogP contribution in [0.2, 0.25) is 0 Å². The van der Waals surface area contributed by atoms with E-state index in [9.17, 15) is 10.3 Å². The van der Waals surface area contributed by atoms with Gasteiger partial charge in [0.15, 0.2) is 24.3 Å². The fourth-order valence-electron chi connectivity index (χ4n) is 1.86. The lowest BCUT2D eigenvalue weighted by Crippen LogP contribution is -2.05. The maximum atomic E-state index is 11.9. The third kappa shape index (κ3) is 3.75. The predicted octanol–water partition coefficient (Wildman–Crippen LogP) is 2.92. The van der Waals surface area contributed by atoms with Crippen LogP contribution in [0.5, 0.6) is 11.5 Å². The highest BCUT2D eigenvalue weighted by Crippen LogP contribution is 2.26. The molecule has 0 atom stereocenters. The zero-order chi connectivity index (χ0) is 14.4. The van der Waals surface area contributed by atoms with Gasteiger partial charge in [-0.15, -0.1) is 0 Å². The molecule has 0 radical (unpaired) electrons. The Kier molecular flexibility index (Phi) is 4.60. The Morgan fingerprint density at radius 3 is 2.65 bits per heavy atom. The van der Waals surface area contributed by atoms with Gasteiger partial charge in [0.05, 0.1) is 6.61 Å². The number of ether oxygens (including phenoxy) is 1. The fraction of sp³-hybridized carbons (Fsp3) is 0.188. The van der Waals surface area contributed by atoms with Crippen molar-refractivity contribution in [1.29, 1.82) is 0 Å². The van der Waals surface area contributed by atoms with Crippen molar-refractivity contribution in [2.75, 3.05) is 6.61 Å². The van der Waals surface area contributed by atoms with E-state index in [1.807, 2.05) is 37.3 Å². The minimum absolute atomic E-state index is 0.0736. The van der Waals surface area contributed by atoms with Gasteiger partial charge >= 0.3 is 0 Å². The van der Waals surface area contributed by atoms with Crippen molar-refractivity contribution in [1.82, 2.24) is 0 Å². The number of aromatic hydroxyl groups is 1. The quantitative estimate of drug-likeness (QED) is 0.394. The first-order valence-corrected chi connectivity index (χ1v) is 6.47. The largest absolute Gasteiger partial charge is 0.624 e. The molecule has 20 heavy (non-hydrogen) atoms. The van der Waals surface area contributed by atoms with Crippen molar-refractivity contribution < 1.29 is 14.6 Å². The summed E-state index contributed by atoms with van der Waals surface area (Å²) in [5.74, 6) is 0.457. The molecule has 0 spiro atoms. The van der Waals surface area contributed by atoms with Gasteiger partial charge in [-0.05, 0) is 25.1 Å². The van der Waals surface area contributed by atoms with E-state index in [-0.39, 0.29) is 12.3 Å². The van der Waals surface area contributed by atoms with Crippen LogP contribution < -0.4 is 4.74 Å². The van der Waals surface area contributed by atoms with Gasteiger partial charge in [-0.3, -0.25) is 0 Å². The molecule has 0 unspecified atom stereocenters. The van der Waals surface area contributed by atoms with E-state index in [0.29, 0.717) is 17.9 Å². The van der Waals surface area contributed by atoms with Gasteiger partial charge in [0.1, 0.15) is 0 Å². The van der Waals surface area contributed by atoms with Crippen molar-refractivity contribution in [2.24, 2.45) is 0 Å². The first-order valence-electron chi connectivity index (χ1n) is 6.47. The molecule has 0 aromatic heterocycles. The van der Waals surface area contributed by atoms with Crippen molar-refractivity contribution in [2.45, 2.75) is 13.5 Å². The van der Waals surface area contributed by atoms with E-state index in [2.05, 4.69) is 0 Å². The average molecular weight is 271 g/mol. The summed E-state index contributed by atoms with van der Waals surface area (Å²) in [4.78, 5) is 0. The lowest BCUT2D eigenvalue weighted by Gasteiger charge is -2.07. The van der Waals surface area contributed by atoms with Crippen LogP contribution in [-0.4, -0.2) is 22.7 Å². The molecule has 4 heteroatoms. The Labute approximate surface area is 118 Å². The molecule has 0 heterocycles. The minimum Gasteiger partial charge on any atom is -0.624 e. The Bertz CT molecular complexity index is 594. The van der Waals surface area contributed by atoms with E-state index in [1.165, 1.54) is 12.3 Å². The van der Waals surface area contributed by atoms with Gasteiger partial charge in [-0.25, -0.2) is 4.74 Å². The molecule has 104 valence electrons. The van der Waals surface area contributed by atoms with Crippen LogP contribution in [0.4, 0.5) is 0 Å². The van der Waals surface area contributed by atoms with Crippen LogP contribution >= 0.6 is 0 Å². The lowest BCUT2D eigenvalue weighted by atomic mass is 10.2. The summed E-state index contributed by atoms with van der Waals surface area (Å²) in [6, 6.07) is 14.4. The van der Waals surface area contributed by atoms with Crippen molar-refractivity contribution in [3.63, 3.8) is 0 Å². The summed E-state index contributed by atoms with van der Waals surface area (Å²) in [5.41, 5.74) is 1.64. The second kappa shape index (κ2) is 6.61. The fourth-order valence-corrected chi connectivity index (χ4v) is 1.86. The van der Waals surface area contributed by atoms with E-state index in [0.717, 1.165) is 10.3 Å². The second-order valence-corrected chi connectivity index (χ2v) is 4.35. The summed E-state index contributed by atoms with van der Waals surface area (Å²) in [7, 11) is 0. The summed E-state index contributed by atoms with van der Waals surface area (Å²) in [6.07, 6.45) is 1.48. The highest BCUT2D eigenvalue weighted by Gasteiger charge is 2.05. The highest BCUT2D eigenvalue weighted by molar-refractivity contribution is 5.77. The summed E-state index contributed by atoms with van der Waals surface area (Å²) >= 11 is 0. The molecule has 2 aromatic carbocycles. The number of phenolic OH excluding ortho intramolecular Hbond substituents is 1. The Morgan fingerprint density at radius 2 is 1.95 bits per heavy atom. The van der Waals surface area contributed by atoms with Crippen LogP contribution in [-0.2, 0) is 6.54 Å². The molecular weight excluding hydrogens is 254 g/mol. The summed E-state index contributed by atoms with van der Waals surface area (Å²) in [6.45, 7) is 2.58. The molecule has 1 N–H and O–H groups in total. The Morgan fingerprint density at radius 1 is 1.20 bits per heavy atom. The van der Waals surface area contributed by atoms with E-state index >= 15 is 0 Å². The van der Waals surface area contributed by atoms with Crippen molar-refractivity contribution in [3.05, 3.63) is 64.9 Å². The monoisotopic (exact) mass is 271 g/mol. The number of rotatable bonds is 5. The zero-order valence-electron chi connectivity index (χ0n) is 11.3. The van der Waals surface area contributed by atoms with Crippen LogP contribution in [0.1, 0.15) is 18.1 Å². The maximum Gasteiger partial charge on any atom is 0.182 e. The Balaban J connectivity index is 2.15. The third-order valence-corrected chi connectivity index (χ3v) is 2.76. The van der Waals surface area contributed by atoms with E-state index in [1.54, 1.807) is 12.1 Å². The van der Waals surface area contributed by atoms with Crippen LogP contribution in [0.15, 0.2) is 48.5 Å². The molecule has 0 aliphatic heterocycles. The van der Waals surface area contributed by atoms with Crippen LogP contribution in [0.3, 0.4) is 0 Å². The number of nitrogens with zero attached hydrogens (tertiary/aromatic N) is 1. The smallest absolute Gasteiger partial charge is 0.182 e. The molecule has 2 rings (SSSR count). The standard InChI is InChI=1S/C16H17NO3/c1-2-20-16-10-14(8-9-15(16)18)12-17(19)11-13-6-4-3-5-7-13/h3-10,12,18H,2,11H2,1H3. The highest BCUT2D eigenvalue weighted by atomic mass is 16.5. The molecule has 0 fully saturated rings. The molecule has 0 bridgehead atoms. The van der Waals surface area contributed by atoms with E-state index in [4.69, 9.17) is 4.74 Å². The normalized spacial score (nSPS) is 11.3. The first-order chi connectivity index (χ1) is 9.69. The molecule has 0 saturated heterocycles. The molecular formula is C16H17NO3. The molecule has 0 saturated carbocycles. The number of benzene rings is 2. The SMILES string of the molecule is CCOc1cc(C=[N+]([O-])Cc2ccccc2)ccc1O. The molecule has 2 aromatic rings. The number of hydrogen-bond donors (Lipinski definition) is 1. The van der Waals surface area contributed by atoms with Crippen molar-refractivity contribution in [3.8, 4) is 11.5 Å². The van der Waals surface area contributed by atoms with Gasteiger partial charge in [-0.1, -0.05) is 30.3 Å². The lowest BCUT2D eigenvalue weighted by molar-refractivity contribution is -0.469. The van der Waals surface area contributed by atoms with Gasteiger partial charge in [0.2, 0.25) is 0 Å². The van der Waals surface area contributed by atoms with Gasteiger partial charge < -0.3 is 15.1 Å². The van der Waals surface area contributed by atoms with Crippen LogP contribution in [0.25, 0.3) is 0 Å². The van der Waals surface area contributed by atoms with Gasteiger partial charge in [-0.2, -0.15) is 0 Å². The Hall–Kier alpha value is -2.49. The molecule has 4 nitrogen and oxygen atoms in total. The molecule has 0 aliphatic carbocycles. The van der Waals surface area contributed by atoms with E-state index < -0.39 is 0 Å². The number of phenols is 1. The molecule has 0 amide bonds. The minimum atomic E-state index is 0.0736. The number of hydroxylamine groups is 1. The van der Waals surface area contributed by atoms with Crippen molar-refractivity contribution >= 4 is 6.21 Å². The summed E-state index contributed by atoms with van der Waals surface area (Å²) < 4.78 is 6.15. The number of hydrogen-bond acceptors (Lipinski definition) is 3.